The number of aromatic nitrogens is 1. The smallest absolute Gasteiger partial charge is 0.244 e. The van der Waals surface area contributed by atoms with Gasteiger partial charge in [-0.25, -0.2) is 13.1 Å². The molecule has 7 heteroatoms. The zero-order valence-electron chi connectivity index (χ0n) is 11.3. The summed E-state index contributed by atoms with van der Waals surface area (Å²) in [4.78, 5) is 4.00. The first-order valence-electron chi connectivity index (χ1n) is 6.31. The Bertz CT molecular complexity index is 477. The Morgan fingerprint density at radius 1 is 1.37 bits per heavy atom. The molecule has 0 radical (unpaired) electrons. The molecule has 0 fully saturated rings. The molecule has 6 nitrogen and oxygen atoms in total. The summed E-state index contributed by atoms with van der Waals surface area (Å²) in [5.41, 5.74) is 0.532. The van der Waals surface area contributed by atoms with Gasteiger partial charge in [0.2, 0.25) is 10.0 Å². The maximum Gasteiger partial charge on any atom is 0.244 e. The van der Waals surface area contributed by atoms with Crippen molar-refractivity contribution in [2.45, 2.75) is 24.7 Å². The van der Waals surface area contributed by atoms with Crippen LogP contribution < -0.4 is 10.0 Å². The minimum Gasteiger partial charge on any atom is -0.387 e. The van der Waals surface area contributed by atoms with Crippen LogP contribution in [0.1, 0.15) is 19.8 Å². The highest BCUT2D eigenvalue weighted by Crippen LogP contribution is 2.18. The Labute approximate surface area is 114 Å². The van der Waals surface area contributed by atoms with E-state index < -0.39 is 10.0 Å². The standard InChI is InChI=1S/C12H21N3O3S/c1-3-8-18-9-4-6-15-19(16,17)12-10-14-7-5-11(12)13-2/h5,7,10,15H,3-4,6,8-9H2,1-2H3,(H,13,14). The summed E-state index contributed by atoms with van der Waals surface area (Å²) in [6.07, 6.45) is 4.49. The quantitative estimate of drug-likeness (QED) is 0.667. The number of sulfonamides is 1. The normalized spacial score (nSPS) is 11.5. The Morgan fingerprint density at radius 3 is 2.84 bits per heavy atom. The van der Waals surface area contributed by atoms with Crippen molar-refractivity contribution in [1.29, 1.82) is 0 Å². The molecule has 0 saturated carbocycles. The van der Waals surface area contributed by atoms with E-state index >= 15 is 0 Å². The van der Waals surface area contributed by atoms with Gasteiger partial charge in [-0.1, -0.05) is 6.92 Å². The largest absolute Gasteiger partial charge is 0.387 e. The predicted molar refractivity (Wildman–Crippen MR) is 74.7 cm³/mol. The van der Waals surface area contributed by atoms with Crippen molar-refractivity contribution in [3.8, 4) is 0 Å². The van der Waals surface area contributed by atoms with Gasteiger partial charge in [-0.2, -0.15) is 0 Å². The van der Waals surface area contributed by atoms with Crippen molar-refractivity contribution < 1.29 is 13.2 Å². The molecule has 0 aromatic carbocycles. The zero-order chi connectivity index (χ0) is 14.1. The van der Waals surface area contributed by atoms with E-state index in [2.05, 4.69) is 15.0 Å². The van der Waals surface area contributed by atoms with Gasteiger partial charge >= 0.3 is 0 Å². The first-order valence-corrected chi connectivity index (χ1v) is 7.79. The second kappa shape index (κ2) is 8.08. The maximum atomic E-state index is 12.1. The van der Waals surface area contributed by atoms with Gasteiger partial charge in [0.25, 0.3) is 0 Å². The number of ether oxygens (including phenoxy) is 1. The third-order valence-corrected chi connectivity index (χ3v) is 3.94. The average Bonchev–Trinajstić information content (AvgIpc) is 2.42. The summed E-state index contributed by atoms with van der Waals surface area (Å²) in [5.74, 6) is 0. The lowest BCUT2D eigenvalue weighted by atomic mass is 10.4. The maximum absolute atomic E-state index is 12.1. The lowest BCUT2D eigenvalue weighted by molar-refractivity contribution is 0.133. The number of nitrogens with zero attached hydrogens (tertiary/aromatic N) is 1. The fourth-order valence-electron chi connectivity index (χ4n) is 1.51. The Kier molecular flexibility index (Phi) is 6.75. The first kappa shape index (κ1) is 15.9. The number of anilines is 1. The molecule has 0 aliphatic carbocycles. The molecule has 0 aliphatic heterocycles. The summed E-state index contributed by atoms with van der Waals surface area (Å²) in [6, 6.07) is 1.62. The van der Waals surface area contributed by atoms with Crippen LogP contribution in [-0.4, -0.2) is 40.2 Å². The van der Waals surface area contributed by atoms with Crippen LogP contribution in [0.5, 0.6) is 0 Å². The van der Waals surface area contributed by atoms with E-state index in [1.807, 2.05) is 6.92 Å². The van der Waals surface area contributed by atoms with Crippen LogP contribution in [0.2, 0.25) is 0 Å². The lowest BCUT2D eigenvalue weighted by Crippen LogP contribution is -2.26. The second-order valence-corrected chi connectivity index (χ2v) is 5.72. The summed E-state index contributed by atoms with van der Waals surface area (Å²) < 4.78 is 32.0. The number of nitrogens with one attached hydrogen (secondary N) is 2. The van der Waals surface area contributed by atoms with Gasteiger partial charge in [0.1, 0.15) is 4.90 Å². The molecular formula is C12H21N3O3S. The lowest BCUT2D eigenvalue weighted by Gasteiger charge is -2.10. The van der Waals surface area contributed by atoms with E-state index in [0.29, 0.717) is 31.9 Å². The van der Waals surface area contributed by atoms with Gasteiger partial charge in [0, 0.05) is 39.2 Å². The minimum absolute atomic E-state index is 0.159. The average molecular weight is 287 g/mol. The van der Waals surface area contributed by atoms with Crippen molar-refractivity contribution in [3.63, 3.8) is 0 Å². The van der Waals surface area contributed by atoms with E-state index in [-0.39, 0.29) is 4.90 Å². The van der Waals surface area contributed by atoms with E-state index in [1.54, 1.807) is 19.3 Å². The SMILES string of the molecule is CCCOCCCNS(=O)(=O)c1cnccc1NC. The van der Waals surface area contributed by atoms with E-state index in [4.69, 9.17) is 4.74 Å². The number of hydrogen-bond donors (Lipinski definition) is 2. The Hall–Kier alpha value is -1.18. The highest BCUT2D eigenvalue weighted by atomic mass is 32.2. The van der Waals surface area contributed by atoms with Crippen LogP contribution in [0.25, 0.3) is 0 Å². The van der Waals surface area contributed by atoms with Crippen molar-refractivity contribution in [3.05, 3.63) is 18.5 Å². The van der Waals surface area contributed by atoms with Gasteiger partial charge in [0.15, 0.2) is 0 Å². The van der Waals surface area contributed by atoms with Crippen LogP contribution >= 0.6 is 0 Å². The third kappa shape index (κ3) is 5.14. The highest BCUT2D eigenvalue weighted by molar-refractivity contribution is 7.89. The molecule has 0 atom stereocenters. The van der Waals surface area contributed by atoms with E-state index in [0.717, 1.165) is 6.42 Å². The molecular weight excluding hydrogens is 266 g/mol. The third-order valence-electron chi connectivity index (χ3n) is 2.45. The van der Waals surface area contributed by atoms with Crippen LogP contribution in [0.15, 0.2) is 23.4 Å². The molecule has 19 heavy (non-hydrogen) atoms. The van der Waals surface area contributed by atoms with Crippen molar-refractivity contribution in [2.24, 2.45) is 0 Å². The van der Waals surface area contributed by atoms with Crippen LogP contribution in [0.3, 0.4) is 0 Å². The van der Waals surface area contributed by atoms with Crippen molar-refractivity contribution >= 4 is 15.7 Å². The van der Waals surface area contributed by atoms with Gasteiger partial charge in [-0.05, 0) is 18.9 Å². The van der Waals surface area contributed by atoms with E-state index in [1.165, 1.54) is 6.20 Å². The van der Waals surface area contributed by atoms with Crippen LogP contribution in [0, 0.1) is 0 Å². The zero-order valence-corrected chi connectivity index (χ0v) is 12.2. The molecule has 0 saturated heterocycles. The molecule has 1 heterocycles. The molecule has 1 aromatic heterocycles. The molecule has 1 aromatic rings. The molecule has 108 valence electrons. The van der Waals surface area contributed by atoms with E-state index in [9.17, 15) is 8.42 Å². The highest BCUT2D eigenvalue weighted by Gasteiger charge is 2.17. The molecule has 0 unspecified atom stereocenters. The van der Waals surface area contributed by atoms with Gasteiger partial charge in [-0.3, -0.25) is 4.98 Å². The summed E-state index contributed by atoms with van der Waals surface area (Å²) in [5, 5.41) is 2.84. The summed E-state index contributed by atoms with van der Waals surface area (Å²) in [7, 11) is -1.85. The summed E-state index contributed by atoms with van der Waals surface area (Å²) >= 11 is 0. The van der Waals surface area contributed by atoms with Crippen molar-refractivity contribution in [1.82, 2.24) is 9.71 Å². The van der Waals surface area contributed by atoms with Crippen LogP contribution in [-0.2, 0) is 14.8 Å². The molecule has 0 aliphatic rings. The predicted octanol–water partition coefficient (Wildman–Crippen LogP) is 1.22. The van der Waals surface area contributed by atoms with Crippen LogP contribution in [0.4, 0.5) is 5.69 Å². The molecule has 0 amide bonds. The fourth-order valence-corrected chi connectivity index (χ4v) is 2.73. The number of hydrogen-bond acceptors (Lipinski definition) is 5. The molecule has 1 rings (SSSR count). The first-order chi connectivity index (χ1) is 9.11. The number of rotatable bonds is 9. The molecule has 0 spiro atoms. The number of pyridine rings is 1. The monoisotopic (exact) mass is 287 g/mol. The van der Waals surface area contributed by atoms with Crippen molar-refractivity contribution in [2.75, 3.05) is 32.1 Å². The molecule has 2 N–H and O–H groups in total. The molecule has 0 bridgehead atoms. The van der Waals surface area contributed by atoms with Gasteiger partial charge in [-0.15, -0.1) is 0 Å². The Morgan fingerprint density at radius 2 is 2.16 bits per heavy atom. The van der Waals surface area contributed by atoms with Gasteiger partial charge < -0.3 is 10.1 Å². The minimum atomic E-state index is -3.53. The Balaban J connectivity index is 2.52. The summed E-state index contributed by atoms with van der Waals surface area (Å²) in [6.45, 7) is 3.65. The fraction of sp³-hybridized carbons (Fsp3) is 0.583. The second-order valence-electron chi connectivity index (χ2n) is 3.99. The van der Waals surface area contributed by atoms with Gasteiger partial charge in [0.05, 0.1) is 5.69 Å². The topological polar surface area (TPSA) is 80.3 Å².